The molecule has 0 saturated carbocycles. The summed E-state index contributed by atoms with van der Waals surface area (Å²) in [5, 5.41) is 8.94. The Morgan fingerprint density at radius 2 is 1.59 bits per heavy atom. The molecule has 162 valence electrons. The molecular formula is C25H38O2S2. The van der Waals surface area contributed by atoms with Crippen molar-refractivity contribution in [1.82, 2.24) is 0 Å². The van der Waals surface area contributed by atoms with Crippen LogP contribution in [0.3, 0.4) is 0 Å². The predicted octanol–water partition coefficient (Wildman–Crippen LogP) is 7.92. The van der Waals surface area contributed by atoms with E-state index in [1.807, 2.05) is 17.8 Å². The average Bonchev–Trinajstić information content (AvgIpc) is 2.72. The third kappa shape index (κ3) is 13.0. The van der Waals surface area contributed by atoms with Crippen LogP contribution in [0.25, 0.3) is 0 Å². The molecule has 1 aromatic rings. The summed E-state index contributed by atoms with van der Waals surface area (Å²) in [5.74, 6) is 7.75. The maximum absolute atomic E-state index is 10.9. The zero-order valence-electron chi connectivity index (χ0n) is 18.3. The van der Waals surface area contributed by atoms with E-state index < -0.39 is 5.97 Å². The maximum Gasteiger partial charge on any atom is 0.304 e. The number of carboxylic acid groups (broad SMARTS) is 1. The Morgan fingerprint density at radius 1 is 0.931 bits per heavy atom. The van der Waals surface area contributed by atoms with Crippen LogP contribution in [-0.2, 0) is 4.79 Å². The van der Waals surface area contributed by atoms with Gasteiger partial charge in [-0.1, -0.05) is 88.8 Å². The van der Waals surface area contributed by atoms with Crippen molar-refractivity contribution in [3.8, 4) is 11.8 Å². The highest BCUT2D eigenvalue weighted by Gasteiger charge is 2.15. The van der Waals surface area contributed by atoms with E-state index in [0.717, 1.165) is 24.2 Å². The van der Waals surface area contributed by atoms with Crippen molar-refractivity contribution in [3.05, 3.63) is 35.4 Å². The summed E-state index contributed by atoms with van der Waals surface area (Å²) in [6, 6.07) is 8.37. The van der Waals surface area contributed by atoms with Crippen molar-refractivity contribution in [3.63, 3.8) is 0 Å². The molecule has 0 aliphatic rings. The summed E-state index contributed by atoms with van der Waals surface area (Å²) in [5.41, 5.74) is 2.34. The number of rotatable bonds is 16. The number of aliphatic carboxylic acids is 1. The second-order valence-electron chi connectivity index (χ2n) is 7.33. The van der Waals surface area contributed by atoms with Crippen LogP contribution in [0.4, 0.5) is 0 Å². The Morgan fingerprint density at radius 3 is 2.28 bits per heavy atom. The van der Waals surface area contributed by atoms with Crippen LogP contribution < -0.4 is 0 Å². The van der Waals surface area contributed by atoms with E-state index in [1.165, 1.54) is 56.9 Å². The van der Waals surface area contributed by atoms with E-state index in [2.05, 4.69) is 43.9 Å². The van der Waals surface area contributed by atoms with E-state index in [0.29, 0.717) is 5.75 Å². The van der Waals surface area contributed by atoms with Gasteiger partial charge >= 0.3 is 5.97 Å². The highest BCUT2D eigenvalue weighted by Crippen LogP contribution is 2.41. The van der Waals surface area contributed by atoms with Crippen molar-refractivity contribution in [2.24, 2.45) is 0 Å². The topological polar surface area (TPSA) is 37.3 Å². The number of unbranched alkanes of at least 4 members (excludes halogenated alkanes) is 8. The summed E-state index contributed by atoms with van der Waals surface area (Å²) in [4.78, 5) is 10.9. The highest BCUT2D eigenvalue weighted by molar-refractivity contribution is 8.16. The molecular weight excluding hydrogens is 396 g/mol. The number of hydrogen-bond acceptors (Lipinski definition) is 3. The standard InChI is InChI=1S/C25H38O2S2/c1-3-5-6-7-8-9-10-11-12-13-16-22-17-14-15-18-23(22)25(28-20-4-2)29-21-19-24(26)27/h14-15,17-18,25H,3-12,19-21H2,1-2H3,(H,26,27). The summed E-state index contributed by atoms with van der Waals surface area (Å²) in [6.45, 7) is 4.44. The van der Waals surface area contributed by atoms with Crippen molar-refractivity contribution in [2.75, 3.05) is 11.5 Å². The van der Waals surface area contributed by atoms with Crippen LogP contribution in [0.1, 0.15) is 100 Å². The number of carboxylic acids is 1. The van der Waals surface area contributed by atoms with E-state index in [-0.39, 0.29) is 11.0 Å². The summed E-state index contributed by atoms with van der Waals surface area (Å²) >= 11 is 3.63. The van der Waals surface area contributed by atoms with Gasteiger partial charge in [-0.05, 0) is 30.2 Å². The number of thioether (sulfide) groups is 2. The number of carbonyl (C=O) groups is 1. The van der Waals surface area contributed by atoms with Gasteiger partial charge in [0.25, 0.3) is 0 Å². The molecule has 1 N–H and O–H groups in total. The summed E-state index contributed by atoms with van der Waals surface area (Å²) in [7, 11) is 0. The lowest BCUT2D eigenvalue weighted by atomic mass is 10.1. The largest absolute Gasteiger partial charge is 0.481 e. The third-order valence-electron chi connectivity index (χ3n) is 4.65. The highest BCUT2D eigenvalue weighted by atomic mass is 32.2. The maximum atomic E-state index is 10.9. The molecule has 1 atom stereocenters. The lowest BCUT2D eigenvalue weighted by molar-refractivity contribution is -0.136. The molecule has 4 heteroatoms. The SMILES string of the molecule is CCCCCCCCCCC#Cc1ccccc1C(SCCC)SCCC(=O)O. The van der Waals surface area contributed by atoms with Gasteiger partial charge in [-0.3, -0.25) is 4.79 Å². The third-order valence-corrected chi connectivity index (χ3v) is 7.67. The molecule has 2 nitrogen and oxygen atoms in total. The molecule has 0 bridgehead atoms. The molecule has 1 rings (SSSR count). The lowest BCUT2D eigenvalue weighted by Crippen LogP contribution is -2.00. The molecule has 0 aliphatic heterocycles. The van der Waals surface area contributed by atoms with Crippen LogP contribution in [0.2, 0.25) is 0 Å². The van der Waals surface area contributed by atoms with Crippen molar-refractivity contribution < 1.29 is 9.90 Å². The first-order chi connectivity index (χ1) is 14.2. The fourth-order valence-corrected chi connectivity index (χ4v) is 5.72. The second kappa shape index (κ2) is 17.8. The zero-order chi connectivity index (χ0) is 21.2. The Kier molecular flexibility index (Phi) is 15.9. The van der Waals surface area contributed by atoms with Gasteiger partial charge in [-0.2, -0.15) is 0 Å². The Labute approximate surface area is 187 Å². The Hall–Kier alpha value is -1.05. The first-order valence-electron chi connectivity index (χ1n) is 11.2. The zero-order valence-corrected chi connectivity index (χ0v) is 19.9. The minimum absolute atomic E-state index is 0.208. The van der Waals surface area contributed by atoms with Crippen LogP contribution in [0.15, 0.2) is 24.3 Å². The average molecular weight is 435 g/mol. The fraction of sp³-hybridized carbons (Fsp3) is 0.640. The molecule has 0 fully saturated rings. The predicted molar refractivity (Wildman–Crippen MR) is 131 cm³/mol. The number of hydrogen-bond donors (Lipinski definition) is 1. The van der Waals surface area contributed by atoms with Gasteiger partial charge in [0, 0.05) is 17.7 Å². The van der Waals surface area contributed by atoms with Gasteiger partial charge in [0.1, 0.15) is 0 Å². The quantitative estimate of drug-likeness (QED) is 0.163. The molecule has 0 radical (unpaired) electrons. The summed E-state index contributed by atoms with van der Waals surface area (Å²) < 4.78 is 0.253. The van der Waals surface area contributed by atoms with Gasteiger partial charge in [0.15, 0.2) is 0 Å². The van der Waals surface area contributed by atoms with Gasteiger partial charge < -0.3 is 5.11 Å². The molecule has 0 saturated heterocycles. The molecule has 0 aromatic heterocycles. The minimum Gasteiger partial charge on any atom is -0.481 e. The normalized spacial score (nSPS) is 11.7. The molecule has 29 heavy (non-hydrogen) atoms. The molecule has 0 amide bonds. The van der Waals surface area contributed by atoms with E-state index in [1.54, 1.807) is 11.8 Å². The lowest BCUT2D eigenvalue weighted by Gasteiger charge is -2.17. The monoisotopic (exact) mass is 434 g/mol. The Balaban J connectivity index is 2.53. The van der Waals surface area contributed by atoms with Gasteiger partial charge in [-0.25, -0.2) is 0 Å². The van der Waals surface area contributed by atoms with E-state index >= 15 is 0 Å². The van der Waals surface area contributed by atoms with Crippen LogP contribution in [0, 0.1) is 11.8 Å². The van der Waals surface area contributed by atoms with E-state index in [4.69, 9.17) is 5.11 Å². The molecule has 0 spiro atoms. The van der Waals surface area contributed by atoms with Gasteiger partial charge in [0.2, 0.25) is 0 Å². The molecule has 1 unspecified atom stereocenters. The Bertz CT molecular complexity index is 619. The van der Waals surface area contributed by atoms with Crippen molar-refractivity contribution in [1.29, 1.82) is 0 Å². The van der Waals surface area contributed by atoms with Gasteiger partial charge in [0.05, 0.1) is 11.0 Å². The molecule has 0 aliphatic carbocycles. The fourth-order valence-electron chi connectivity index (χ4n) is 3.03. The van der Waals surface area contributed by atoms with Crippen molar-refractivity contribution >= 4 is 29.5 Å². The minimum atomic E-state index is -0.727. The van der Waals surface area contributed by atoms with Crippen LogP contribution in [-0.4, -0.2) is 22.6 Å². The smallest absolute Gasteiger partial charge is 0.304 e. The first-order valence-corrected chi connectivity index (χ1v) is 13.3. The van der Waals surface area contributed by atoms with Gasteiger partial charge in [-0.15, -0.1) is 23.5 Å². The number of benzene rings is 1. The van der Waals surface area contributed by atoms with Crippen LogP contribution >= 0.6 is 23.5 Å². The second-order valence-corrected chi connectivity index (χ2v) is 10.1. The van der Waals surface area contributed by atoms with Crippen LogP contribution in [0.5, 0.6) is 0 Å². The first kappa shape index (κ1) is 26.0. The van der Waals surface area contributed by atoms with Crippen molar-refractivity contribution in [2.45, 2.75) is 89.1 Å². The summed E-state index contributed by atoms with van der Waals surface area (Å²) in [6.07, 6.45) is 12.9. The molecule has 0 heterocycles. The molecule has 1 aromatic carbocycles. The van der Waals surface area contributed by atoms with E-state index in [9.17, 15) is 4.79 Å².